The molecule has 192 valence electrons. The van der Waals surface area contributed by atoms with Gasteiger partial charge in [0.2, 0.25) is 6.10 Å². The second-order valence-electron chi connectivity index (χ2n) is 10.1. The highest BCUT2D eigenvalue weighted by Gasteiger charge is 2.36. The van der Waals surface area contributed by atoms with Crippen LogP contribution in [-0.2, 0) is 4.79 Å². The molecule has 2 aromatic rings. The number of piperidine rings is 1. The quantitative estimate of drug-likeness (QED) is 0.238. The van der Waals surface area contributed by atoms with E-state index in [2.05, 4.69) is 18.7 Å². The number of carbonyl (C=O) groups is 1. The Morgan fingerprint density at radius 1 is 0.944 bits per heavy atom. The second-order valence-corrected chi connectivity index (χ2v) is 10.1. The van der Waals surface area contributed by atoms with Gasteiger partial charge in [0.25, 0.3) is 5.91 Å². The molecule has 8 heteroatoms. The highest BCUT2D eigenvalue weighted by molar-refractivity contribution is 6.03. The zero-order valence-corrected chi connectivity index (χ0v) is 21.3. The molecular formula is C28H38N6O2. The van der Waals surface area contributed by atoms with Crippen molar-refractivity contribution in [2.24, 2.45) is 11.5 Å². The molecule has 0 aromatic heterocycles. The molecule has 6 N–H and O–H groups in total. The minimum absolute atomic E-state index is 0.0498. The van der Waals surface area contributed by atoms with Crippen LogP contribution in [0.2, 0.25) is 0 Å². The third-order valence-corrected chi connectivity index (χ3v) is 7.47. The topological polar surface area (TPSA) is 133 Å². The first kappa shape index (κ1) is 25.7. The molecule has 2 aromatic carbocycles. The van der Waals surface area contributed by atoms with Gasteiger partial charge in [-0.3, -0.25) is 20.5 Å². The van der Waals surface area contributed by atoms with Crippen molar-refractivity contribution in [1.82, 2.24) is 4.90 Å². The van der Waals surface area contributed by atoms with E-state index in [4.69, 9.17) is 27.0 Å². The molecule has 0 saturated carbocycles. The van der Waals surface area contributed by atoms with E-state index in [-0.39, 0.29) is 17.6 Å². The number of fused-ring (bicyclic) bond motifs is 1. The number of amides is 1. The number of carbonyl (C=O) groups excluding carboxylic acids is 1. The first-order valence-corrected chi connectivity index (χ1v) is 12.9. The van der Waals surface area contributed by atoms with Crippen molar-refractivity contribution in [1.29, 1.82) is 10.8 Å². The van der Waals surface area contributed by atoms with E-state index in [1.54, 1.807) is 41.3 Å². The lowest BCUT2D eigenvalue weighted by Gasteiger charge is -2.39. The van der Waals surface area contributed by atoms with Gasteiger partial charge in [0.05, 0.1) is 5.69 Å². The van der Waals surface area contributed by atoms with Crippen LogP contribution in [0.25, 0.3) is 0 Å². The standard InChI is InChI=1S/C28H38N6O2/c1-18-8-6-9-19(2)33(18)14-4-3-5-15-34-23-17-22(27(31)32)12-13-24(23)36-25(28(34)35)20-10-7-11-21(16-20)26(29)30/h7,10-13,16-19,25H,3-6,8-9,14-15H2,1-2H3,(H3,29,30)(H3,31,32)/t18-,19+,25?. The summed E-state index contributed by atoms with van der Waals surface area (Å²) in [6.07, 6.45) is 6.02. The van der Waals surface area contributed by atoms with Gasteiger partial charge in [-0.15, -0.1) is 0 Å². The molecule has 1 saturated heterocycles. The number of nitrogen functional groups attached to an aromatic ring is 2. The Kier molecular flexibility index (Phi) is 7.94. The van der Waals surface area contributed by atoms with Gasteiger partial charge < -0.3 is 21.1 Å². The van der Waals surface area contributed by atoms with Crippen molar-refractivity contribution >= 4 is 23.3 Å². The summed E-state index contributed by atoms with van der Waals surface area (Å²) in [5.74, 6) is 0.308. The average molecular weight is 491 g/mol. The highest BCUT2D eigenvalue weighted by Crippen LogP contribution is 2.40. The van der Waals surface area contributed by atoms with Crippen molar-refractivity contribution in [2.75, 3.05) is 18.0 Å². The lowest BCUT2D eigenvalue weighted by Crippen LogP contribution is -2.44. The molecule has 36 heavy (non-hydrogen) atoms. The smallest absolute Gasteiger partial charge is 0.272 e. The van der Waals surface area contributed by atoms with E-state index in [1.165, 1.54) is 19.3 Å². The van der Waals surface area contributed by atoms with Crippen molar-refractivity contribution in [3.8, 4) is 5.75 Å². The fourth-order valence-electron chi connectivity index (χ4n) is 5.40. The maximum absolute atomic E-state index is 13.7. The molecule has 3 atom stereocenters. The lowest BCUT2D eigenvalue weighted by molar-refractivity contribution is -0.126. The molecule has 2 aliphatic rings. The summed E-state index contributed by atoms with van der Waals surface area (Å²) in [6, 6.07) is 13.6. The van der Waals surface area contributed by atoms with E-state index in [9.17, 15) is 4.79 Å². The van der Waals surface area contributed by atoms with Crippen LogP contribution >= 0.6 is 0 Å². The molecule has 1 fully saturated rings. The number of nitrogens with zero attached hydrogens (tertiary/aromatic N) is 2. The van der Waals surface area contributed by atoms with Crippen molar-refractivity contribution in [3.63, 3.8) is 0 Å². The predicted molar refractivity (Wildman–Crippen MR) is 144 cm³/mol. The zero-order valence-electron chi connectivity index (χ0n) is 21.3. The SMILES string of the molecule is C[C@@H]1CCC[C@H](C)N1CCCCCN1C(=O)C(c2cccc(C(=N)N)c2)Oc2ccc(C(=N)N)cc21. The molecule has 0 spiro atoms. The highest BCUT2D eigenvalue weighted by atomic mass is 16.5. The number of likely N-dealkylation sites (tertiary alicyclic amines) is 1. The van der Waals surface area contributed by atoms with Gasteiger partial charge in [-0.05, 0) is 70.3 Å². The number of benzene rings is 2. The Hall–Kier alpha value is -3.39. The largest absolute Gasteiger partial charge is 0.474 e. The van der Waals surface area contributed by atoms with Crippen LogP contribution in [0.3, 0.4) is 0 Å². The van der Waals surface area contributed by atoms with E-state index in [1.807, 2.05) is 6.07 Å². The number of nitrogens with two attached hydrogens (primary N) is 2. The average Bonchev–Trinajstić information content (AvgIpc) is 2.86. The van der Waals surface area contributed by atoms with E-state index in [0.717, 1.165) is 25.8 Å². The predicted octanol–water partition coefficient (Wildman–Crippen LogP) is 4.15. The summed E-state index contributed by atoms with van der Waals surface area (Å²) in [5.41, 5.74) is 13.8. The maximum Gasteiger partial charge on any atom is 0.272 e. The normalized spacial score (nSPS) is 22.1. The fraction of sp³-hybridized carbons (Fsp3) is 0.464. The van der Waals surface area contributed by atoms with Crippen molar-refractivity contribution in [2.45, 2.75) is 70.6 Å². The Balaban J connectivity index is 1.49. The first-order valence-electron chi connectivity index (χ1n) is 12.9. The van der Waals surface area contributed by atoms with Gasteiger partial charge in [-0.2, -0.15) is 0 Å². The third-order valence-electron chi connectivity index (χ3n) is 7.47. The van der Waals surface area contributed by atoms with E-state index < -0.39 is 6.10 Å². The van der Waals surface area contributed by atoms with Crippen LogP contribution in [0.15, 0.2) is 42.5 Å². The molecule has 0 radical (unpaired) electrons. The summed E-state index contributed by atoms with van der Waals surface area (Å²) in [5, 5.41) is 15.6. The van der Waals surface area contributed by atoms with Gasteiger partial charge in [0, 0.05) is 35.3 Å². The Labute approximate surface area is 213 Å². The first-order chi connectivity index (χ1) is 17.3. The molecule has 1 amide bonds. The summed E-state index contributed by atoms with van der Waals surface area (Å²) < 4.78 is 6.14. The summed E-state index contributed by atoms with van der Waals surface area (Å²) in [4.78, 5) is 18.1. The molecule has 8 nitrogen and oxygen atoms in total. The van der Waals surface area contributed by atoms with Gasteiger partial charge in [-0.1, -0.05) is 31.0 Å². The van der Waals surface area contributed by atoms with Crippen LogP contribution in [0.1, 0.15) is 75.2 Å². The number of hydrogen-bond donors (Lipinski definition) is 4. The van der Waals surface area contributed by atoms with E-state index >= 15 is 0 Å². The third kappa shape index (κ3) is 5.54. The lowest BCUT2D eigenvalue weighted by atomic mass is 9.97. The number of rotatable bonds is 9. The van der Waals surface area contributed by atoms with E-state index in [0.29, 0.717) is 46.8 Å². The molecule has 2 aliphatic heterocycles. The Morgan fingerprint density at radius 2 is 1.61 bits per heavy atom. The zero-order chi connectivity index (χ0) is 25.8. The van der Waals surface area contributed by atoms with Crippen LogP contribution in [0.4, 0.5) is 5.69 Å². The monoisotopic (exact) mass is 490 g/mol. The van der Waals surface area contributed by atoms with Gasteiger partial charge in [0.1, 0.15) is 17.4 Å². The van der Waals surface area contributed by atoms with Crippen molar-refractivity contribution in [3.05, 3.63) is 59.2 Å². The number of ether oxygens (including phenoxy) is 1. The van der Waals surface area contributed by atoms with Crippen LogP contribution in [0, 0.1) is 10.8 Å². The molecule has 0 aliphatic carbocycles. The Morgan fingerprint density at radius 3 is 2.31 bits per heavy atom. The summed E-state index contributed by atoms with van der Waals surface area (Å²) in [6.45, 7) is 6.30. The fourth-order valence-corrected chi connectivity index (χ4v) is 5.40. The molecule has 4 rings (SSSR count). The number of unbranched alkanes of at least 4 members (excludes halogenated alkanes) is 2. The number of hydrogen-bond acceptors (Lipinski definition) is 5. The van der Waals surface area contributed by atoms with Crippen LogP contribution in [0.5, 0.6) is 5.75 Å². The van der Waals surface area contributed by atoms with Gasteiger partial charge in [-0.25, -0.2) is 0 Å². The van der Waals surface area contributed by atoms with Gasteiger partial charge in [0.15, 0.2) is 0 Å². The van der Waals surface area contributed by atoms with Gasteiger partial charge >= 0.3 is 0 Å². The molecule has 0 bridgehead atoms. The number of anilines is 1. The molecular weight excluding hydrogens is 452 g/mol. The van der Waals surface area contributed by atoms with Crippen LogP contribution in [-0.4, -0.2) is 47.7 Å². The Bertz CT molecular complexity index is 1120. The minimum Gasteiger partial charge on any atom is -0.474 e. The molecule has 1 unspecified atom stereocenters. The summed E-state index contributed by atoms with van der Waals surface area (Å²) >= 11 is 0. The number of nitrogens with one attached hydrogen (secondary N) is 2. The minimum atomic E-state index is -0.824. The van der Waals surface area contributed by atoms with Crippen molar-refractivity contribution < 1.29 is 9.53 Å². The van der Waals surface area contributed by atoms with Crippen LogP contribution < -0.4 is 21.1 Å². The number of amidine groups is 2. The maximum atomic E-state index is 13.7. The molecule has 2 heterocycles. The second kappa shape index (κ2) is 11.1. The summed E-state index contributed by atoms with van der Waals surface area (Å²) in [7, 11) is 0.